The highest BCUT2D eigenvalue weighted by molar-refractivity contribution is 7.12. The Morgan fingerprint density at radius 1 is 1.41 bits per heavy atom. The van der Waals surface area contributed by atoms with Gasteiger partial charge in [-0.1, -0.05) is 24.2 Å². The van der Waals surface area contributed by atoms with Crippen LogP contribution in [0.1, 0.15) is 22.2 Å². The van der Waals surface area contributed by atoms with E-state index >= 15 is 0 Å². The molecule has 0 aliphatic carbocycles. The molecular weight excluding hydrogens is 302 g/mol. The van der Waals surface area contributed by atoms with Crippen LogP contribution in [0.5, 0.6) is 0 Å². The van der Waals surface area contributed by atoms with Crippen LogP contribution < -0.4 is 11.1 Å². The second-order valence-electron chi connectivity index (χ2n) is 4.61. The third kappa shape index (κ3) is 2.84. The number of nitrogens with zero attached hydrogens (tertiary/aromatic N) is 1. The summed E-state index contributed by atoms with van der Waals surface area (Å²) in [5.41, 5.74) is 2.31. The summed E-state index contributed by atoms with van der Waals surface area (Å²) in [5.74, 6) is -0.431. The fraction of sp³-hybridized carbons (Fsp3) is 0.133. The quantitative estimate of drug-likeness (QED) is 0.775. The number of aryl methyl sites for hydroxylation is 1. The molecule has 7 heteroatoms. The highest BCUT2D eigenvalue weighted by atomic mass is 32.1. The molecule has 22 heavy (non-hydrogen) atoms. The second kappa shape index (κ2) is 5.98. The van der Waals surface area contributed by atoms with Gasteiger partial charge in [-0.2, -0.15) is 0 Å². The molecule has 1 amide bonds. The van der Waals surface area contributed by atoms with Gasteiger partial charge in [-0.05, 0) is 35.6 Å². The van der Waals surface area contributed by atoms with E-state index in [4.69, 9.17) is 0 Å². The standard InChI is InChI=1S/C15H13N3O3S/c1-2-9-6-7-22-12(9)14(19)16-11-5-3-4-10(8-11)13-17-15(20)21-18-13/h3-8H,2H2,1H3,(H,16,19)(H,17,18,20). The van der Waals surface area contributed by atoms with Crippen LogP contribution >= 0.6 is 11.3 Å². The number of anilines is 1. The maximum Gasteiger partial charge on any atom is 0.439 e. The van der Waals surface area contributed by atoms with Gasteiger partial charge in [-0.3, -0.25) is 14.3 Å². The fourth-order valence-electron chi connectivity index (χ4n) is 2.10. The first kappa shape index (κ1) is 14.3. The van der Waals surface area contributed by atoms with Crippen LogP contribution in [0.15, 0.2) is 45.0 Å². The molecule has 3 rings (SSSR count). The monoisotopic (exact) mass is 315 g/mol. The molecule has 0 atom stereocenters. The summed E-state index contributed by atoms with van der Waals surface area (Å²) in [4.78, 5) is 26.5. The topological polar surface area (TPSA) is 88.0 Å². The zero-order valence-electron chi connectivity index (χ0n) is 11.8. The molecule has 0 unspecified atom stereocenters. The SMILES string of the molecule is CCc1ccsc1C(=O)Nc1cccc(-c2noc(=O)[nH]2)c1. The van der Waals surface area contributed by atoms with Crippen molar-refractivity contribution < 1.29 is 9.32 Å². The van der Waals surface area contributed by atoms with Crippen LogP contribution in [0.3, 0.4) is 0 Å². The number of aromatic amines is 1. The minimum atomic E-state index is -0.615. The van der Waals surface area contributed by atoms with Gasteiger partial charge in [0.25, 0.3) is 5.91 Å². The lowest BCUT2D eigenvalue weighted by molar-refractivity contribution is 0.103. The van der Waals surface area contributed by atoms with E-state index < -0.39 is 5.76 Å². The zero-order valence-corrected chi connectivity index (χ0v) is 12.6. The van der Waals surface area contributed by atoms with Crippen molar-refractivity contribution in [1.82, 2.24) is 10.1 Å². The average Bonchev–Trinajstić information content (AvgIpc) is 3.16. The number of carbonyl (C=O) groups is 1. The van der Waals surface area contributed by atoms with Crippen LogP contribution in [-0.4, -0.2) is 16.0 Å². The van der Waals surface area contributed by atoms with E-state index in [0.29, 0.717) is 22.0 Å². The number of hydrogen-bond donors (Lipinski definition) is 2. The van der Waals surface area contributed by atoms with Crippen LogP contribution in [0.2, 0.25) is 0 Å². The Morgan fingerprint density at radius 2 is 2.27 bits per heavy atom. The van der Waals surface area contributed by atoms with E-state index in [-0.39, 0.29) is 5.91 Å². The molecular formula is C15H13N3O3S. The van der Waals surface area contributed by atoms with Gasteiger partial charge in [0.1, 0.15) is 0 Å². The number of amides is 1. The van der Waals surface area contributed by atoms with Crippen LogP contribution in [-0.2, 0) is 6.42 Å². The van der Waals surface area contributed by atoms with E-state index in [2.05, 4.69) is 20.0 Å². The van der Waals surface area contributed by atoms with Gasteiger partial charge in [0.2, 0.25) is 0 Å². The molecule has 6 nitrogen and oxygen atoms in total. The first-order valence-corrected chi connectivity index (χ1v) is 7.59. The van der Waals surface area contributed by atoms with E-state index in [1.54, 1.807) is 24.3 Å². The number of nitrogens with one attached hydrogen (secondary N) is 2. The van der Waals surface area contributed by atoms with E-state index in [0.717, 1.165) is 12.0 Å². The molecule has 0 saturated carbocycles. The number of aromatic nitrogens is 2. The highest BCUT2D eigenvalue weighted by Crippen LogP contribution is 2.22. The Balaban J connectivity index is 1.84. The molecule has 3 aromatic rings. The average molecular weight is 315 g/mol. The lowest BCUT2D eigenvalue weighted by atomic mass is 10.1. The maximum atomic E-state index is 12.3. The summed E-state index contributed by atoms with van der Waals surface area (Å²) in [6, 6.07) is 9.00. The lowest BCUT2D eigenvalue weighted by Gasteiger charge is -2.06. The Labute approximate surface area is 129 Å². The fourth-order valence-corrected chi connectivity index (χ4v) is 2.99. The van der Waals surface area contributed by atoms with Gasteiger partial charge in [0, 0.05) is 11.3 Å². The molecule has 2 N–H and O–H groups in total. The normalized spacial score (nSPS) is 10.6. The molecule has 0 fully saturated rings. The van der Waals surface area contributed by atoms with Gasteiger partial charge in [0.05, 0.1) is 4.88 Å². The van der Waals surface area contributed by atoms with Gasteiger partial charge in [-0.15, -0.1) is 11.3 Å². The summed E-state index contributed by atoms with van der Waals surface area (Å²) in [7, 11) is 0. The summed E-state index contributed by atoms with van der Waals surface area (Å²) >= 11 is 1.42. The molecule has 2 aromatic heterocycles. The summed E-state index contributed by atoms with van der Waals surface area (Å²) < 4.78 is 4.48. The molecule has 1 aromatic carbocycles. The van der Waals surface area contributed by atoms with E-state index in [9.17, 15) is 9.59 Å². The van der Waals surface area contributed by atoms with Gasteiger partial charge >= 0.3 is 5.76 Å². The Hall–Kier alpha value is -2.67. The summed E-state index contributed by atoms with van der Waals surface area (Å²) in [6.07, 6.45) is 0.812. The van der Waals surface area contributed by atoms with Crippen molar-refractivity contribution >= 4 is 22.9 Å². The van der Waals surface area contributed by atoms with Crippen LogP contribution in [0.25, 0.3) is 11.4 Å². The van der Waals surface area contributed by atoms with Crippen LogP contribution in [0.4, 0.5) is 5.69 Å². The minimum Gasteiger partial charge on any atom is -0.321 e. The van der Waals surface area contributed by atoms with Crippen molar-refractivity contribution in [3.8, 4) is 11.4 Å². The number of rotatable bonds is 4. The summed E-state index contributed by atoms with van der Waals surface area (Å²) in [6.45, 7) is 2.01. The Bertz CT molecular complexity index is 863. The molecule has 0 aliphatic rings. The maximum absolute atomic E-state index is 12.3. The molecule has 0 bridgehead atoms. The van der Waals surface area contributed by atoms with Crippen molar-refractivity contribution in [2.45, 2.75) is 13.3 Å². The molecule has 0 spiro atoms. The van der Waals surface area contributed by atoms with Gasteiger partial charge in [-0.25, -0.2) is 4.79 Å². The molecule has 0 radical (unpaired) electrons. The van der Waals surface area contributed by atoms with E-state index in [1.165, 1.54) is 11.3 Å². The molecule has 0 saturated heterocycles. The number of H-pyrrole nitrogens is 1. The van der Waals surface area contributed by atoms with Crippen molar-refractivity contribution in [1.29, 1.82) is 0 Å². The van der Waals surface area contributed by atoms with Crippen molar-refractivity contribution in [2.75, 3.05) is 5.32 Å². The van der Waals surface area contributed by atoms with Crippen molar-refractivity contribution in [2.24, 2.45) is 0 Å². The second-order valence-corrected chi connectivity index (χ2v) is 5.52. The van der Waals surface area contributed by atoms with Gasteiger partial charge in [0.15, 0.2) is 5.82 Å². The first-order chi connectivity index (χ1) is 10.7. The largest absolute Gasteiger partial charge is 0.439 e. The van der Waals surface area contributed by atoms with Crippen LogP contribution in [0, 0.1) is 0 Å². The zero-order chi connectivity index (χ0) is 15.5. The highest BCUT2D eigenvalue weighted by Gasteiger charge is 2.13. The third-order valence-corrected chi connectivity index (χ3v) is 4.12. The molecule has 0 aliphatic heterocycles. The number of thiophene rings is 1. The minimum absolute atomic E-state index is 0.141. The predicted molar refractivity (Wildman–Crippen MR) is 84.2 cm³/mol. The summed E-state index contributed by atoms with van der Waals surface area (Å²) in [5, 5.41) is 8.39. The molecule has 2 heterocycles. The first-order valence-electron chi connectivity index (χ1n) is 6.71. The number of carbonyl (C=O) groups excluding carboxylic acids is 1. The van der Waals surface area contributed by atoms with Crippen molar-refractivity contribution in [3.05, 3.63) is 56.7 Å². The number of benzene rings is 1. The Morgan fingerprint density at radius 3 is 3.00 bits per heavy atom. The lowest BCUT2D eigenvalue weighted by Crippen LogP contribution is -2.12. The number of hydrogen-bond acceptors (Lipinski definition) is 5. The smallest absolute Gasteiger partial charge is 0.321 e. The third-order valence-electron chi connectivity index (χ3n) is 3.17. The Kier molecular flexibility index (Phi) is 3.88. The van der Waals surface area contributed by atoms with Crippen molar-refractivity contribution in [3.63, 3.8) is 0 Å². The predicted octanol–water partition coefficient (Wildman–Crippen LogP) is 2.91. The molecule has 112 valence electrons. The van der Waals surface area contributed by atoms with E-state index in [1.807, 2.05) is 18.4 Å². The van der Waals surface area contributed by atoms with Gasteiger partial charge < -0.3 is 5.32 Å².